The third-order valence-corrected chi connectivity index (χ3v) is 4.15. The maximum Gasteiger partial charge on any atom is 0.224 e. The van der Waals surface area contributed by atoms with Crippen molar-refractivity contribution in [2.75, 3.05) is 19.0 Å². The summed E-state index contributed by atoms with van der Waals surface area (Å²) in [6, 6.07) is 20.2. The molecule has 0 aliphatic rings. The first-order valence-electron chi connectivity index (χ1n) is 8.37. The lowest BCUT2D eigenvalue weighted by molar-refractivity contribution is -0.120. The zero-order chi connectivity index (χ0) is 17.6. The average molecular weight is 333 g/mol. The third kappa shape index (κ3) is 4.51. The molecule has 3 aromatic rings. The van der Waals surface area contributed by atoms with Crippen LogP contribution in [0, 0.1) is 0 Å². The highest BCUT2D eigenvalue weighted by atomic mass is 16.1. The summed E-state index contributed by atoms with van der Waals surface area (Å²) in [6.07, 6.45) is 4.40. The summed E-state index contributed by atoms with van der Waals surface area (Å²) >= 11 is 0. The molecule has 4 heteroatoms. The molecule has 1 heterocycles. The fourth-order valence-corrected chi connectivity index (χ4v) is 2.65. The fraction of sp³-hybridized carbons (Fsp3) is 0.190. The van der Waals surface area contributed by atoms with Gasteiger partial charge in [-0.25, -0.2) is 0 Å². The standard InChI is InChI=1S/C21H23N3O/c1-23(2)19-9-7-18(8-10-19)16-22-21(25)15-17-5-11-20(12-6-17)24-13-3-4-14-24/h3-14H,15-16H2,1-2H3,(H,22,25). The largest absolute Gasteiger partial charge is 0.378 e. The maximum absolute atomic E-state index is 12.1. The Labute approximate surface area is 148 Å². The molecule has 3 rings (SSSR count). The molecule has 0 saturated heterocycles. The lowest BCUT2D eigenvalue weighted by Crippen LogP contribution is -2.24. The molecule has 0 atom stereocenters. The summed E-state index contributed by atoms with van der Waals surface area (Å²) in [5, 5.41) is 2.98. The van der Waals surface area contributed by atoms with Crippen molar-refractivity contribution in [3.63, 3.8) is 0 Å². The van der Waals surface area contributed by atoms with E-state index in [1.165, 1.54) is 0 Å². The molecule has 1 N–H and O–H groups in total. The highest BCUT2D eigenvalue weighted by Crippen LogP contribution is 2.13. The summed E-state index contributed by atoms with van der Waals surface area (Å²) in [4.78, 5) is 14.2. The van der Waals surface area contributed by atoms with E-state index in [-0.39, 0.29) is 5.91 Å². The first kappa shape index (κ1) is 16.8. The summed E-state index contributed by atoms with van der Waals surface area (Å²) < 4.78 is 2.04. The van der Waals surface area contributed by atoms with Gasteiger partial charge in [0.15, 0.2) is 0 Å². The first-order chi connectivity index (χ1) is 12.1. The summed E-state index contributed by atoms with van der Waals surface area (Å²) in [5.41, 5.74) is 4.35. The van der Waals surface area contributed by atoms with Crippen molar-refractivity contribution in [1.29, 1.82) is 0 Å². The predicted octanol–water partition coefficient (Wildman–Crippen LogP) is 3.40. The van der Waals surface area contributed by atoms with E-state index in [4.69, 9.17) is 0 Å². The lowest BCUT2D eigenvalue weighted by atomic mass is 10.1. The van der Waals surface area contributed by atoms with Crippen LogP contribution in [0.25, 0.3) is 5.69 Å². The minimum Gasteiger partial charge on any atom is -0.378 e. The minimum absolute atomic E-state index is 0.0328. The van der Waals surface area contributed by atoms with Crippen LogP contribution in [0.3, 0.4) is 0 Å². The van der Waals surface area contributed by atoms with Gasteiger partial charge in [0.05, 0.1) is 6.42 Å². The molecule has 4 nitrogen and oxygen atoms in total. The molecule has 0 aliphatic heterocycles. The van der Waals surface area contributed by atoms with Gasteiger partial charge in [0.1, 0.15) is 0 Å². The van der Waals surface area contributed by atoms with Crippen LogP contribution in [-0.2, 0) is 17.8 Å². The second-order valence-electron chi connectivity index (χ2n) is 6.27. The zero-order valence-electron chi connectivity index (χ0n) is 14.6. The van der Waals surface area contributed by atoms with E-state index in [0.717, 1.165) is 22.5 Å². The number of nitrogens with zero attached hydrogens (tertiary/aromatic N) is 2. The van der Waals surface area contributed by atoms with Crippen LogP contribution in [-0.4, -0.2) is 24.6 Å². The molecule has 1 amide bonds. The van der Waals surface area contributed by atoms with E-state index in [1.807, 2.05) is 79.6 Å². The Hall–Kier alpha value is -3.01. The highest BCUT2D eigenvalue weighted by molar-refractivity contribution is 5.78. The van der Waals surface area contributed by atoms with Crippen LogP contribution < -0.4 is 10.2 Å². The van der Waals surface area contributed by atoms with Gasteiger partial charge in [0.25, 0.3) is 0 Å². The first-order valence-corrected chi connectivity index (χ1v) is 8.37. The van der Waals surface area contributed by atoms with Crippen molar-refractivity contribution in [3.8, 4) is 5.69 Å². The minimum atomic E-state index is 0.0328. The molecule has 1 aromatic heterocycles. The third-order valence-electron chi connectivity index (χ3n) is 4.15. The van der Waals surface area contributed by atoms with Crippen LogP contribution in [0.4, 0.5) is 5.69 Å². The van der Waals surface area contributed by atoms with E-state index >= 15 is 0 Å². The Bertz CT molecular complexity index is 803. The molecule has 0 spiro atoms. The topological polar surface area (TPSA) is 37.3 Å². The van der Waals surface area contributed by atoms with Crippen molar-refractivity contribution in [2.24, 2.45) is 0 Å². The summed E-state index contributed by atoms with van der Waals surface area (Å²) in [6.45, 7) is 0.550. The van der Waals surface area contributed by atoms with Crippen molar-refractivity contribution in [3.05, 3.63) is 84.2 Å². The number of carbonyl (C=O) groups excluding carboxylic acids is 1. The molecule has 25 heavy (non-hydrogen) atoms. The maximum atomic E-state index is 12.1. The van der Waals surface area contributed by atoms with E-state index in [1.54, 1.807) is 0 Å². The Morgan fingerprint density at radius 3 is 2.12 bits per heavy atom. The number of hydrogen-bond acceptors (Lipinski definition) is 2. The molecule has 0 fully saturated rings. The van der Waals surface area contributed by atoms with Gasteiger partial charge < -0.3 is 14.8 Å². The van der Waals surface area contributed by atoms with Crippen LogP contribution in [0.1, 0.15) is 11.1 Å². The van der Waals surface area contributed by atoms with Gasteiger partial charge in [0.2, 0.25) is 5.91 Å². The Balaban J connectivity index is 1.52. The molecular weight excluding hydrogens is 310 g/mol. The number of hydrogen-bond donors (Lipinski definition) is 1. The Morgan fingerprint density at radius 1 is 0.920 bits per heavy atom. The van der Waals surface area contributed by atoms with Crippen molar-refractivity contribution >= 4 is 11.6 Å². The number of benzene rings is 2. The van der Waals surface area contributed by atoms with Gasteiger partial charge in [-0.05, 0) is 47.5 Å². The second-order valence-corrected chi connectivity index (χ2v) is 6.27. The second kappa shape index (κ2) is 7.71. The van der Waals surface area contributed by atoms with Gasteiger partial charge in [-0.2, -0.15) is 0 Å². The van der Waals surface area contributed by atoms with Gasteiger partial charge in [-0.1, -0.05) is 24.3 Å². The van der Waals surface area contributed by atoms with Crippen molar-refractivity contribution in [2.45, 2.75) is 13.0 Å². The Kier molecular flexibility index (Phi) is 5.19. The van der Waals surface area contributed by atoms with E-state index in [2.05, 4.69) is 22.3 Å². The summed E-state index contributed by atoms with van der Waals surface area (Å²) in [7, 11) is 4.02. The molecule has 128 valence electrons. The molecule has 0 saturated carbocycles. The molecular formula is C21H23N3O. The predicted molar refractivity (Wildman–Crippen MR) is 102 cm³/mol. The van der Waals surface area contributed by atoms with Gasteiger partial charge >= 0.3 is 0 Å². The number of carbonyl (C=O) groups is 1. The monoisotopic (exact) mass is 333 g/mol. The highest BCUT2D eigenvalue weighted by Gasteiger charge is 2.04. The Morgan fingerprint density at radius 2 is 1.52 bits per heavy atom. The number of amides is 1. The summed E-state index contributed by atoms with van der Waals surface area (Å²) in [5.74, 6) is 0.0328. The SMILES string of the molecule is CN(C)c1ccc(CNC(=O)Cc2ccc(-n3cccc3)cc2)cc1. The number of aromatic nitrogens is 1. The van der Waals surface area contributed by atoms with E-state index in [9.17, 15) is 4.79 Å². The van der Waals surface area contributed by atoms with Crippen LogP contribution in [0.2, 0.25) is 0 Å². The zero-order valence-corrected chi connectivity index (χ0v) is 14.6. The number of nitrogens with one attached hydrogen (secondary N) is 1. The van der Waals surface area contributed by atoms with E-state index < -0.39 is 0 Å². The fourth-order valence-electron chi connectivity index (χ4n) is 2.65. The lowest BCUT2D eigenvalue weighted by Gasteiger charge is -2.13. The van der Waals surface area contributed by atoms with Gasteiger partial charge in [-0.15, -0.1) is 0 Å². The molecule has 2 aromatic carbocycles. The van der Waals surface area contributed by atoms with E-state index in [0.29, 0.717) is 13.0 Å². The molecule has 0 radical (unpaired) electrons. The molecule has 0 bridgehead atoms. The average Bonchev–Trinajstić information content (AvgIpc) is 3.15. The van der Waals surface area contributed by atoms with Crippen molar-refractivity contribution < 1.29 is 4.79 Å². The molecule has 0 unspecified atom stereocenters. The van der Waals surface area contributed by atoms with Crippen LogP contribution in [0.15, 0.2) is 73.1 Å². The quantitative estimate of drug-likeness (QED) is 0.751. The normalized spacial score (nSPS) is 10.5. The van der Waals surface area contributed by atoms with Crippen LogP contribution in [0.5, 0.6) is 0 Å². The number of anilines is 1. The van der Waals surface area contributed by atoms with Gasteiger partial charge in [-0.3, -0.25) is 4.79 Å². The van der Waals surface area contributed by atoms with Crippen molar-refractivity contribution in [1.82, 2.24) is 9.88 Å². The number of rotatable bonds is 6. The van der Waals surface area contributed by atoms with Crippen LogP contribution >= 0.6 is 0 Å². The van der Waals surface area contributed by atoms with Gasteiger partial charge in [0, 0.05) is 44.4 Å². The molecule has 0 aliphatic carbocycles. The smallest absolute Gasteiger partial charge is 0.224 e.